The molecular weight excluding hydrogens is 258 g/mol. The third-order valence-corrected chi connectivity index (χ3v) is 3.47. The lowest BCUT2D eigenvalue weighted by atomic mass is 9.95. The van der Waals surface area contributed by atoms with Gasteiger partial charge in [-0.15, -0.1) is 0 Å². The summed E-state index contributed by atoms with van der Waals surface area (Å²) < 4.78 is 2.00. The van der Waals surface area contributed by atoms with Crippen LogP contribution in [0.5, 0.6) is 0 Å². The number of imidazole rings is 1. The van der Waals surface area contributed by atoms with Crippen LogP contribution in [0.25, 0.3) is 0 Å². The number of carbonyl (C=O) groups is 2. The van der Waals surface area contributed by atoms with Crippen molar-refractivity contribution in [3.63, 3.8) is 0 Å². The van der Waals surface area contributed by atoms with E-state index in [-0.39, 0.29) is 5.91 Å². The van der Waals surface area contributed by atoms with E-state index in [9.17, 15) is 9.59 Å². The van der Waals surface area contributed by atoms with E-state index >= 15 is 0 Å². The molecule has 6 heteroatoms. The lowest BCUT2D eigenvalue weighted by Crippen LogP contribution is -2.36. The molecule has 0 aliphatic carbocycles. The van der Waals surface area contributed by atoms with E-state index in [2.05, 4.69) is 24.1 Å². The average Bonchev–Trinajstić information content (AvgIpc) is 2.85. The molecule has 0 saturated carbocycles. The molecule has 1 aromatic heterocycles. The van der Waals surface area contributed by atoms with Crippen molar-refractivity contribution in [3.05, 3.63) is 18.2 Å². The summed E-state index contributed by atoms with van der Waals surface area (Å²) >= 11 is 0. The number of carbonyl (C=O) groups excluding carboxylic acids is 1. The fourth-order valence-electron chi connectivity index (χ4n) is 1.91. The first-order chi connectivity index (χ1) is 9.34. The van der Waals surface area contributed by atoms with Gasteiger partial charge in [0.1, 0.15) is 5.82 Å². The van der Waals surface area contributed by atoms with Gasteiger partial charge < -0.3 is 15.0 Å². The Bertz CT molecular complexity index is 468. The first-order valence-corrected chi connectivity index (χ1v) is 6.86. The maximum absolute atomic E-state index is 11.8. The predicted octanol–water partition coefficient (Wildman–Crippen LogP) is 1.48. The Morgan fingerprint density at radius 1 is 1.30 bits per heavy atom. The summed E-state index contributed by atoms with van der Waals surface area (Å²) in [4.78, 5) is 26.9. The maximum atomic E-state index is 11.8. The first kappa shape index (κ1) is 16.2. The third kappa shape index (κ3) is 4.08. The zero-order chi connectivity index (χ0) is 15.3. The summed E-state index contributed by atoms with van der Waals surface area (Å²) in [5, 5.41) is 11.7. The van der Waals surface area contributed by atoms with Gasteiger partial charge in [0.15, 0.2) is 0 Å². The second kappa shape index (κ2) is 7.07. The molecule has 0 radical (unpaired) electrons. The fraction of sp³-hybridized carbons (Fsp3) is 0.643. The van der Waals surface area contributed by atoms with Crippen molar-refractivity contribution in [3.8, 4) is 0 Å². The van der Waals surface area contributed by atoms with Gasteiger partial charge in [0, 0.05) is 37.3 Å². The smallest absolute Gasteiger partial charge is 0.307 e. The summed E-state index contributed by atoms with van der Waals surface area (Å²) in [6.07, 6.45) is 3.62. The van der Waals surface area contributed by atoms with Crippen molar-refractivity contribution in [2.45, 2.75) is 40.2 Å². The largest absolute Gasteiger partial charge is 0.481 e. The molecule has 0 fully saturated rings. The van der Waals surface area contributed by atoms with E-state index < -0.39 is 17.8 Å². The molecule has 1 heterocycles. The number of aromatic nitrogens is 2. The van der Waals surface area contributed by atoms with Crippen LogP contribution in [0.3, 0.4) is 0 Å². The van der Waals surface area contributed by atoms with Gasteiger partial charge in [0.25, 0.3) is 0 Å². The molecule has 1 amide bonds. The Morgan fingerprint density at radius 2 is 1.95 bits per heavy atom. The van der Waals surface area contributed by atoms with Crippen molar-refractivity contribution in [2.24, 2.45) is 11.8 Å². The minimum absolute atomic E-state index is 0.230. The Labute approximate surface area is 119 Å². The number of rotatable bonds is 7. The van der Waals surface area contributed by atoms with Gasteiger partial charge in [-0.25, -0.2) is 4.98 Å². The maximum Gasteiger partial charge on any atom is 0.307 e. The Morgan fingerprint density at radius 3 is 2.50 bits per heavy atom. The Kier molecular flexibility index (Phi) is 5.73. The minimum Gasteiger partial charge on any atom is -0.481 e. The van der Waals surface area contributed by atoms with E-state index in [1.54, 1.807) is 20.0 Å². The summed E-state index contributed by atoms with van der Waals surface area (Å²) in [6.45, 7) is 8.39. The van der Waals surface area contributed by atoms with Gasteiger partial charge in [-0.3, -0.25) is 9.59 Å². The van der Waals surface area contributed by atoms with Crippen molar-refractivity contribution in [1.82, 2.24) is 14.9 Å². The molecule has 2 unspecified atom stereocenters. The highest BCUT2D eigenvalue weighted by Gasteiger charge is 2.25. The lowest BCUT2D eigenvalue weighted by molar-refractivity contribution is -0.146. The van der Waals surface area contributed by atoms with Crippen molar-refractivity contribution >= 4 is 11.9 Å². The van der Waals surface area contributed by atoms with Crippen LogP contribution in [0.4, 0.5) is 0 Å². The van der Waals surface area contributed by atoms with Crippen LogP contribution in [0.15, 0.2) is 12.4 Å². The van der Waals surface area contributed by atoms with Crippen LogP contribution in [-0.2, 0) is 16.1 Å². The normalized spacial score (nSPS) is 14.1. The number of carboxylic acid groups (broad SMARTS) is 1. The number of nitrogens with zero attached hydrogens (tertiary/aromatic N) is 2. The summed E-state index contributed by atoms with van der Waals surface area (Å²) in [5.74, 6) is -1.11. The third-order valence-electron chi connectivity index (χ3n) is 3.47. The molecule has 0 saturated heterocycles. The Balaban J connectivity index is 2.46. The number of carboxylic acids is 1. The van der Waals surface area contributed by atoms with Crippen LogP contribution in [0, 0.1) is 11.8 Å². The van der Waals surface area contributed by atoms with Crippen molar-refractivity contribution in [1.29, 1.82) is 0 Å². The van der Waals surface area contributed by atoms with E-state index in [1.165, 1.54) is 0 Å². The quantitative estimate of drug-likeness (QED) is 0.793. The fourth-order valence-corrected chi connectivity index (χ4v) is 1.91. The highest BCUT2D eigenvalue weighted by Crippen LogP contribution is 2.12. The molecule has 0 aliphatic rings. The standard InChI is InChI=1S/C14H23N3O3/c1-9(2)12-15-5-7-17(12)8-6-16-13(18)10(3)11(4)14(19)20/h5,7,9-11H,6,8H2,1-4H3,(H,16,18)(H,19,20). The SMILES string of the molecule is CC(C)c1nccn1CCNC(=O)C(C)C(C)C(=O)O. The highest BCUT2D eigenvalue weighted by molar-refractivity contribution is 5.84. The van der Waals surface area contributed by atoms with E-state index in [0.29, 0.717) is 19.0 Å². The second-order valence-corrected chi connectivity index (χ2v) is 5.34. The number of amides is 1. The molecule has 0 spiro atoms. The van der Waals surface area contributed by atoms with Crippen LogP contribution in [0.2, 0.25) is 0 Å². The minimum atomic E-state index is -0.954. The van der Waals surface area contributed by atoms with Crippen LogP contribution in [0.1, 0.15) is 39.4 Å². The van der Waals surface area contributed by atoms with Gasteiger partial charge in [-0.1, -0.05) is 27.7 Å². The molecular formula is C14H23N3O3. The van der Waals surface area contributed by atoms with E-state index in [0.717, 1.165) is 5.82 Å². The van der Waals surface area contributed by atoms with Crippen LogP contribution >= 0.6 is 0 Å². The molecule has 20 heavy (non-hydrogen) atoms. The van der Waals surface area contributed by atoms with E-state index in [4.69, 9.17) is 5.11 Å². The van der Waals surface area contributed by atoms with Crippen molar-refractivity contribution in [2.75, 3.05) is 6.54 Å². The zero-order valence-electron chi connectivity index (χ0n) is 12.5. The predicted molar refractivity (Wildman–Crippen MR) is 75.3 cm³/mol. The first-order valence-electron chi connectivity index (χ1n) is 6.86. The number of hydrogen-bond donors (Lipinski definition) is 2. The number of nitrogens with one attached hydrogen (secondary N) is 1. The average molecular weight is 281 g/mol. The number of hydrogen-bond acceptors (Lipinski definition) is 3. The summed E-state index contributed by atoms with van der Waals surface area (Å²) in [7, 11) is 0. The molecule has 0 aliphatic heterocycles. The van der Waals surface area contributed by atoms with Crippen LogP contribution in [-0.4, -0.2) is 33.1 Å². The molecule has 1 rings (SSSR count). The topological polar surface area (TPSA) is 84.2 Å². The lowest BCUT2D eigenvalue weighted by Gasteiger charge is -2.16. The van der Waals surface area contributed by atoms with Gasteiger partial charge in [0.05, 0.1) is 5.92 Å². The molecule has 112 valence electrons. The summed E-state index contributed by atoms with van der Waals surface area (Å²) in [6, 6.07) is 0. The summed E-state index contributed by atoms with van der Waals surface area (Å²) in [5.41, 5.74) is 0. The number of aliphatic carboxylic acids is 1. The van der Waals surface area contributed by atoms with Gasteiger partial charge in [0.2, 0.25) is 5.91 Å². The Hall–Kier alpha value is -1.85. The van der Waals surface area contributed by atoms with Crippen molar-refractivity contribution < 1.29 is 14.7 Å². The van der Waals surface area contributed by atoms with Crippen LogP contribution < -0.4 is 5.32 Å². The van der Waals surface area contributed by atoms with Gasteiger partial charge >= 0.3 is 5.97 Å². The molecule has 2 atom stereocenters. The monoisotopic (exact) mass is 281 g/mol. The molecule has 2 N–H and O–H groups in total. The zero-order valence-corrected chi connectivity index (χ0v) is 12.5. The van der Waals surface area contributed by atoms with Gasteiger partial charge in [-0.05, 0) is 0 Å². The molecule has 6 nitrogen and oxygen atoms in total. The van der Waals surface area contributed by atoms with E-state index in [1.807, 2.05) is 10.8 Å². The molecule has 0 aromatic carbocycles. The second-order valence-electron chi connectivity index (χ2n) is 5.34. The molecule has 1 aromatic rings. The highest BCUT2D eigenvalue weighted by atomic mass is 16.4. The molecule has 0 bridgehead atoms. The van der Waals surface area contributed by atoms with Gasteiger partial charge in [-0.2, -0.15) is 0 Å².